The molecule has 1 aliphatic rings. The number of amides is 2. The van der Waals surface area contributed by atoms with Gasteiger partial charge < -0.3 is 15.2 Å². The normalized spacial score (nSPS) is 16.8. The number of benzene rings is 2. The van der Waals surface area contributed by atoms with E-state index in [0.29, 0.717) is 5.56 Å². The Balaban J connectivity index is 1.96. The molecular weight excluding hydrogens is 524 g/mol. The van der Waals surface area contributed by atoms with Crippen LogP contribution in [-0.4, -0.2) is 53.8 Å². The van der Waals surface area contributed by atoms with Gasteiger partial charge in [0.25, 0.3) is 0 Å². The molecule has 3 rings (SSSR count). The molecule has 1 unspecified atom stereocenters. The van der Waals surface area contributed by atoms with Crippen LogP contribution in [0.1, 0.15) is 30.1 Å². The Morgan fingerprint density at radius 1 is 1.14 bits per heavy atom. The van der Waals surface area contributed by atoms with Crippen LogP contribution in [-0.2, 0) is 25.5 Å². The zero-order chi connectivity index (χ0) is 27.3. The Bertz CT molecular complexity index is 1190. The number of fused-ring (bicyclic) bond motifs is 1. The summed E-state index contributed by atoms with van der Waals surface area (Å²) in [5.41, 5.74) is 0.184. The summed E-state index contributed by atoms with van der Waals surface area (Å²) in [4.78, 5) is 49.9. The number of carbonyl (C=O) groups is 4. The van der Waals surface area contributed by atoms with Crippen molar-refractivity contribution in [2.45, 2.75) is 43.6 Å². The Morgan fingerprint density at radius 3 is 2.46 bits per heavy atom. The molecule has 0 saturated carbocycles. The molecule has 2 amide bonds. The van der Waals surface area contributed by atoms with Crippen LogP contribution in [0.3, 0.4) is 0 Å². The van der Waals surface area contributed by atoms with E-state index in [4.69, 9.17) is 21.4 Å². The van der Waals surface area contributed by atoms with Gasteiger partial charge in [-0.3, -0.25) is 19.3 Å². The predicted octanol–water partition coefficient (Wildman–Crippen LogP) is 4.40. The van der Waals surface area contributed by atoms with Crippen LogP contribution in [0, 0.1) is 0 Å². The summed E-state index contributed by atoms with van der Waals surface area (Å²) < 4.78 is 59.5. The van der Waals surface area contributed by atoms with Crippen molar-refractivity contribution in [2.24, 2.45) is 0 Å². The number of nitrogens with zero attached hydrogens (tertiary/aromatic N) is 1. The van der Waals surface area contributed by atoms with Gasteiger partial charge in [-0.15, -0.1) is 0 Å². The molecule has 0 fully saturated rings. The van der Waals surface area contributed by atoms with Gasteiger partial charge in [0.2, 0.25) is 12.0 Å². The first-order valence-corrected chi connectivity index (χ1v) is 11.3. The number of halogens is 5. The highest BCUT2D eigenvalue weighted by atomic mass is 35.5. The molecule has 3 atom stereocenters. The Morgan fingerprint density at radius 2 is 1.84 bits per heavy atom. The Kier molecular flexibility index (Phi) is 8.74. The highest BCUT2D eigenvalue weighted by Crippen LogP contribution is 2.39. The molecule has 0 bridgehead atoms. The Labute approximate surface area is 213 Å². The largest absolute Gasteiger partial charge is 0.481 e. The van der Waals surface area contributed by atoms with E-state index in [1.807, 2.05) is 0 Å². The molecule has 0 aliphatic carbocycles. The van der Waals surface area contributed by atoms with Crippen LogP contribution < -0.4 is 10.2 Å². The number of rotatable bonds is 8. The van der Waals surface area contributed by atoms with Crippen LogP contribution in [0.15, 0.2) is 48.5 Å². The fourth-order valence-corrected chi connectivity index (χ4v) is 4.15. The number of Topliss-reactive ketones (excluding diaryl/α,β-unsaturated/α-hetero) is 1. The summed E-state index contributed by atoms with van der Waals surface area (Å²) in [5.74, 6) is -3.75. The number of ether oxygens (including phenoxy) is 1. The van der Waals surface area contributed by atoms with Crippen LogP contribution in [0.5, 0.6) is 0 Å². The second kappa shape index (κ2) is 11.6. The zero-order valence-corrected chi connectivity index (χ0v) is 19.8. The van der Waals surface area contributed by atoms with E-state index >= 15 is 0 Å². The lowest BCUT2D eigenvalue weighted by atomic mass is 9.95. The monoisotopic (exact) mass is 544 g/mol. The molecule has 0 saturated heterocycles. The number of aryl methyl sites for hydroxylation is 1. The van der Waals surface area contributed by atoms with Crippen molar-refractivity contribution in [1.82, 2.24) is 5.32 Å². The molecule has 1 aliphatic heterocycles. The number of carboxylic acids is 1. The summed E-state index contributed by atoms with van der Waals surface area (Å²) in [6.07, 6.45) is -10.0. The van der Waals surface area contributed by atoms with E-state index in [-0.39, 0.29) is 23.6 Å². The van der Waals surface area contributed by atoms with Crippen LogP contribution in [0.25, 0.3) is 0 Å². The van der Waals surface area contributed by atoms with Crippen LogP contribution in [0.2, 0.25) is 5.02 Å². The molecule has 0 spiro atoms. The third-order valence-electron chi connectivity index (χ3n) is 5.63. The van der Waals surface area contributed by atoms with E-state index in [2.05, 4.69) is 5.32 Å². The van der Waals surface area contributed by atoms with Crippen molar-refractivity contribution in [3.05, 3.63) is 64.7 Å². The maximum atomic E-state index is 13.9. The first kappa shape index (κ1) is 27.9. The van der Waals surface area contributed by atoms with E-state index in [1.54, 1.807) is 12.1 Å². The average molecular weight is 545 g/mol. The minimum atomic E-state index is -5.03. The smallest absolute Gasteiger partial charge is 0.429 e. The van der Waals surface area contributed by atoms with Gasteiger partial charge in [-0.2, -0.15) is 13.2 Å². The highest BCUT2D eigenvalue weighted by molar-refractivity contribution is 6.30. The van der Waals surface area contributed by atoms with Gasteiger partial charge in [0, 0.05) is 10.6 Å². The fraction of sp³-hybridized carbons (Fsp3) is 0.333. The lowest BCUT2D eigenvalue weighted by molar-refractivity contribution is -0.206. The molecule has 37 heavy (non-hydrogen) atoms. The van der Waals surface area contributed by atoms with Crippen molar-refractivity contribution in [3.8, 4) is 0 Å². The summed E-state index contributed by atoms with van der Waals surface area (Å²) >= 11 is 5.81. The fourth-order valence-electron chi connectivity index (χ4n) is 3.95. The first-order valence-electron chi connectivity index (χ1n) is 10.9. The van der Waals surface area contributed by atoms with Crippen molar-refractivity contribution >= 4 is 41.0 Å². The average Bonchev–Trinajstić information content (AvgIpc) is 2.84. The number of alkyl halides is 4. The standard InChI is InChI=1S/C24H21ClF4N2O6/c25-15-6-3-5-14(10-15)21(24(27,28)29)37-23(36)31-17-7-2-1-4-13(17)8-9-18(31)22(35)30-16(11-20(33)34)19(32)12-26/h1-7,10,16,18,21H,8-9,11-12H2,(H,30,35)(H,33,34)/t16?,18-,21+/m0/s1. The molecule has 0 aromatic heterocycles. The van der Waals surface area contributed by atoms with Gasteiger partial charge in [-0.1, -0.05) is 41.9 Å². The second-order valence-electron chi connectivity index (χ2n) is 8.17. The number of hydrogen-bond acceptors (Lipinski definition) is 5. The second-order valence-corrected chi connectivity index (χ2v) is 8.61. The molecular formula is C24H21ClF4N2O6. The molecule has 8 nitrogen and oxygen atoms in total. The molecule has 2 aromatic carbocycles. The van der Waals surface area contributed by atoms with Gasteiger partial charge in [0.1, 0.15) is 18.8 Å². The molecule has 13 heteroatoms. The number of para-hydroxylation sites is 1. The maximum absolute atomic E-state index is 13.9. The molecule has 0 radical (unpaired) electrons. The van der Waals surface area contributed by atoms with Crippen LogP contribution in [0.4, 0.5) is 28.0 Å². The summed E-state index contributed by atoms with van der Waals surface area (Å²) in [6.45, 7) is -1.55. The quantitative estimate of drug-likeness (QED) is 0.476. The first-order chi connectivity index (χ1) is 17.4. The number of hydrogen-bond donors (Lipinski definition) is 2. The number of carbonyl (C=O) groups excluding carboxylic acids is 3. The van der Waals surface area contributed by atoms with Crippen LogP contribution >= 0.6 is 11.6 Å². The van der Waals surface area contributed by atoms with E-state index in [9.17, 15) is 36.7 Å². The van der Waals surface area contributed by atoms with Crippen molar-refractivity contribution in [3.63, 3.8) is 0 Å². The van der Waals surface area contributed by atoms with Gasteiger partial charge in [0.05, 0.1) is 12.1 Å². The molecule has 2 N–H and O–H groups in total. The molecule has 1 heterocycles. The topological polar surface area (TPSA) is 113 Å². The minimum Gasteiger partial charge on any atom is -0.481 e. The highest BCUT2D eigenvalue weighted by Gasteiger charge is 2.47. The van der Waals surface area contributed by atoms with Gasteiger partial charge in [-0.05, 0) is 36.6 Å². The third-order valence-corrected chi connectivity index (χ3v) is 5.87. The number of ketones is 1. The van der Waals surface area contributed by atoms with Crippen molar-refractivity contribution in [1.29, 1.82) is 0 Å². The maximum Gasteiger partial charge on any atom is 0.429 e. The lowest BCUT2D eigenvalue weighted by Gasteiger charge is -2.37. The van der Waals surface area contributed by atoms with Gasteiger partial charge in [0.15, 0.2) is 5.78 Å². The molecule has 198 valence electrons. The number of nitrogens with one attached hydrogen (secondary N) is 1. The number of aliphatic carboxylic acids is 1. The Hall–Kier alpha value is -3.67. The van der Waals surface area contributed by atoms with Crippen molar-refractivity contribution in [2.75, 3.05) is 11.6 Å². The minimum absolute atomic E-state index is 0.0228. The van der Waals surface area contributed by atoms with E-state index in [0.717, 1.165) is 17.0 Å². The van der Waals surface area contributed by atoms with Gasteiger partial charge in [-0.25, -0.2) is 9.18 Å². The van der Waals surface area contributed by atoms with Gasteiger partial charge >= 0.3 is 18.2 Å². The zero-order valence-electron chi connectivity index (χ0n) is 19.0. The van der Waals surface area contributed by atoms with E-state index < -0.39 is 66.8 Å². The third kappa shape index (κ3) is 6.76. The SMILES string of the molecule is O=C(O)CC(NC(=O)[C@@H]1CCc2ccccc2N1C(=O)O[C@H](c1cccc(Cl)c1)C(F)(F)F)C(=O)CF. The number of anilines is 1. The predicted molar refractivity (Wildman–Crippen MR) is 123 cm³/mol. The molecule has 2 aromatic rings. The number of carboxylic acid groups (broad SMARTS) is 1. The lowest BCUT2D eigenvalue weighted by Crippen LogP contribution is -2.56. The summed E-state index contributed by atoms with van der Waals surface area (Å²) in [7, 11) is 0. The van der Waals surface area contributed by atoms with Crippen molar-refractivity contribution < 1.29 is 46.6 Å². The summed E-state index contributed by atoms with van der Waals surface area (Å²) in [6, 6.07) is 7.59. The summed E-state index contributed by atoms with van der Waals surface area (Å²) in [5, 5.41) is 11.1. The van der Waals surface area contributed by atoms with E-state index in [1.165, 1.54) is 24.3 Å².